The van der Waals surface area contributed by atoms with Crippen LogP contribution in [0.2, 0.25) is 0 Å². The van der Waals surface area contributed by atoms with Crippen molar-refractivity contribution >= 4 is 11.6 Å². The van der Waals surface area contributed by atoms with Crippen molar-refractivity contribution in [3.05, 3.63) is 42.0 Å². The minimum absolute atomic E-state index is 0.172. The minimum atomic E-state index is -0.574. The third-order valence-electron chi connectivity index (χ3n) is 2.93. The van der Waals surface area contributed by atoms with Gasteiger partial charge in [0, 0.05) is 18.5 Å². The normalized spacial score (nSPS) is 17.1. The largest absolute Gasteiger partial charge is 0.497 e. The third kappa shape index (κ3) is 3.38. The fourth-order valence-corrected chi connectivity index (χ4v) is 1.84. The van der Waals surface area contributed by atoms with Gasteiger partial charge in [-0.15, -0.1) is 0 Å². The quantitative estimate of drug-likeness (QED) is 0.834. The molecule has 106 valence electrons. The summed E-state index contributed by atoms with van der Waals surface area (Å²) in [5.41, 5.74) is 2.55. The number of nitrogens with one attached hydrogen (secondary N) is 1. The average Bonchev–Trinajstić information content (AvgIpc) is 2.94. The summed E-state index contributed by atoms with van der Waals surface area (Å²) in [7, 11) is 1.61. The van der Waals surface area contributed by atoms with Gasteiger partial charge in [-0.05, 0) is 19.1 Å². The van der Waals surface area contributed by atoms with Crippen LogP contribution < -0.4 is 10.1 Å². The molecule has 0 aliphatic carbocycles. The van der Waals surface area contributed by atoms with Gasteiger partial charge in [-0.2, -0.15) is 0 Å². The number of carbonyl (C=O) groups is 1. The van der Waals surface area contributed by atoms with E-state index in [0.29, 0.717) is 13.0 Å². The third-order valence-corrected chi connectivity index (χ3v) is 2.93. The summed E-state index contributed by atoms with van der Waals surface area (Å²) in [6.07, 6.45) is -0.120. The Kier molecular flexibility index (Phi) is 4.40. The van der Waals surface area contributed by atoms with Crippen molar-refractivity contribution in [3.63, 3.8) is 0 Å². The molecule has 0 fully saturated rings. The highest BCUT2D eigenvalue weighted by Crippen LogP contribution is 2.20. The van der Waals surface area contributed by atoms with Crippen molar-refractivity contribution < 1.29 is 14.4 Å². The molecule has 1 aromatic rings. The smallest absolute Gasteiger partial charge is 0.264 e. The zero-order chi connectivity index (χ0) is 14.5. The van der Waals surface area contributed by atoms with Crippen LogP contribution >= 0.6 is 0 Å². The first-order valence-corrected chi connectivity index (χ1v) is 6.39. The number of rotatable bonds is 5. The van der Waals surface area contributed by atoms with Gasteiger partial charge in [-0.25, -0.2) is 0 Å². The first kappa shape index (κ1) is 14.1. The van der Waals surface area contributed by atoms with E-state index in [2.05, 4.69) is 17.1 Å². The van der Waals surface area contributed by atoms with Crippen molar-refractivity contribution in [3.8, 4) is 5.75 Å². The van der Waals surface area contributed by atoms with Crippen molar-refractivity contribution in [2.45, 2.75) is 19.4 Å². The monoisotopic (exact) mass is 274 g/mol. The van der Waals surface area contributed by atoms with Gasteiger partial charge in [0.2, 0.25) is 6.10 Å². The van der Waals surface area contributed by atoms with Crippen LogP contribution in [0.5, 0.6) is 5.75 Å². The van der Waals surface area contributed by atoms with Crippen LogP contribution in [-0.2, 0) is 9.63 Å². The maximum atomic E-state index is 11.9. The Morgan fingerprint density at radius 3 is 3.10 bits per heavy atom. The number of hydrogen-bond donors (Lipinski definition) is 1. The molecule has 1 aliphatic rings. The topological polar surface area (TPSA) is 59.9 Å². The van der Waals surface area contributed by atoms with Gasteiger partial charge in [-0.3, -0.25) is 4.79 Å². The first-order valence-electron chi connectivity index (χ1n) is 6.39. The van der Waals surface area contributed by atoms with Gasteiger partial charge in [0.1, 0.15) is 5.75 Å². The molecule has 1 aliphatic heterocycles. The van der Waals surface area contributed by atoms with Gasteiger partial charge in [-0.1, -0.05) is 29.4 Å². The van der Waals surface area contributed by atoms with Crippen LogP contribution in [0.15, 0.2) is 41.6 Å². The Labute approximate surface area is 118 Å². The summed E-state index contributed by atoms with van der Waals surface area (Å²) < 4.78 is 5.17. The van der Waals surface area contributed by atoms with E-state index in [4.69, 9.17) is 9.57 Å². The molecule has 0 spiro atoms. The van der Waals surface area contributed by atoms with E-state index >= 15 is 0 Å². The number of nitrogens with zero attached hydrogens (tertiary/aromatic N) is 1. The number of benzene rings is 1. The molecule has 0 aromatic heterocycles. The SMILES string of the molecule is C=C(C)CNC(=O)[C@@H]1CC(c2cccc(OC)c2)=NO1. The number of oxime groups is 1. The number of methoxy groups -OCH3 is 1. The minimum Gasteiger partial charge on any atom is -0.497 e. The van der Waals surface area contributed by atoms with Crippen molar-refractivity contribution in [2.24, 2.45) is 5.16 Å². The van der Waals surface area contributed by atoms with Gasteiger partial charge in [0.05, 0.1) is 12.8 Å². The molecule has 2 rings (SSSR count). The first-order chi connectivity index (χ1) is 9.60. The predicted octanol–water partition coefficient (Wildman–Crippen LogP) is 1.88. The molecule has 1 N–H and O–H groups in total. The van der Waals surface area contributed by atoms with E-state index in [0.717, 1.165) is 22.6 Å². The molecule has 0 unspecified atom stereocenters. The number of amides is 1. The Balaban J connectivity index is 1.97. The number of ether oxygens (including phenoxy) is 1. The van der Waals surface area contributed by atoms with E-state index in [9.17, 15) is 4.79 Å². The second kappa shape index (κ2) is 6.23. The highest BCUT2D eigenvalue weighted by Gasteiger charge is 2.28. The molecule has 5 nitrogen and oxygen atoms in total. The molecule has 1 atom stereocenters. The molecule has 0 radical (unpaired) electrons. The van der Waals surface area contributed by atoms with E-state index < -0.39 is 6.10 Å². The molecule has 0 bridgehead atoms. The number of hydrogen-bond acceptors (Lipinski definition) is 4. The Bertz CT molecular complexity index is 552. The van der Waals surface area contributed by atoms with Gasteiger partial charge in [0.15, 0.2) is 0 Å². The Hall–Kier alpha value is -2.30. The maximum absolute atomic E-state index is 11.9. The van der Waals surface area contributed by atoms with Crippen LogP contribution in [0.3, 0.4) is 0 Å². The van der Waals surface area contributed by atoms with Crippen LogP contribution in [0.1, 0.15) is 18.9 Å². The lowest BCUT2D eigenvalue weighted by Crippen LogP contribution is -2.35. The van der Waals surface area contributed by atoms with Crippen LogP contribution in [0.4, 0.5) is 0 Å². The second-order valence-corrected chi connectivity index (χ2v) is 4.74. The van der Waals surface area contributed by atoms with Crippen LogP contribution in [0.25, 0.3) is 0 Å². The lowest BCUT2D eigenvalue weighted by atomic mass is 10.0. The van der Waals surface area contributed by atoms with E-state index in [1.807, 2.05) is 31.2 Å². The summed E-state index contributed by atoms with van der Waals surface area (Å²) >= 11 is 0. The van der Waals surface area contributed by atoms with E-state index in [-0.39, 0.29) is 5.91 Å². The average molecular weight is 274 g/mol. The summed E-state index contributed by atoms with van der Waals surface area (Å²) in [6.45, 7) is 6.04. The van der Waals surface area contributed by atoms with Crippen LogP contribution in [0, 0.1) is 0 Å². The zero-order valence-electron chi connectivity index (χ0n) is 11.7. The molecule has 0 saturated carbocycles. The van der Waals surface area contributed by atoms with Gasteiger partial charge >= 0.3 is 0 Å². The molecular weight excluding hydrogens is 256 g/mol. The van der Waals surface area contributed by atoms with Crippen molar-refractivity contribution in [1.29, 1.82) is 0 Å². The summed E-state index contributed by atoms with van der Waals surface area (Å²) in [4.78, 5) is 17.1. The molecule has 1 amide bonds. The van der Waals surface area contributed by atoms with Crippen molar-refractivity contribution in [2.75, 3.05) is 13.7 Å². The summed E-state index contributed by atoms with van der Waals surface area (Å²) in [6, 6.07) is 7.53. The molecule has 5 heteroatoms. The summed E-state index contributed by atoms with van der Waals surface area (Å²) in [5.74, 6) is 0.579. The molecule has 1 heterocycles. The van der Waals surface area contributed by atoms with Crippen molar-refractivity contribution in [1.82, 2.24) is 5.32 Å². The number of carbonyl (C=O) groups excluding carboxylic acids is 1. The highest BCUT2D eigenvalue weighted by molar-refractivity contribution is 6.04. The predicted molar refractivity (Wildman–Crippen MR) is 76.8 cm³/mol. The fraction of sp³-hybridized carbons (Fsp3) is 0.333. The Morgan fingerprint density at radius 2 is 2.40 bits per heavy atom. The summed E-state index contributed by atoms with van der Waals surface area (Å²) in [5, 5.41) is 6.75. The molecular formula is C15H18N2O3. The molecule has 20 heavy (non-hydrogen) atoms. The van der Waals surface area contributed by atoms with E-state index in [1.165, 1.54) is 0 Å². The standard InChI is InChI=1S/C15H18N2O3/c1-10(2)9-16-15(18)14-8-13(17-20-14)11-5-4-6-12(7-11)19-3/h4-7,14H,1,8-9H2,2-3H3,(H,16,18)/t14-/m0/s1. The fourth-order valence-electron chi connectivity index (χ4n) is 1.84. The lowest BCUT2D eigenvalue weighted by Gasteiger charge is -2.09. The Morgan fingerprint density at radius 1 is 1.60 bits per heavy atom. The zero-order valence-corrected chi connectivity index (χ0v) is 11.7. The van der Waals surface area contributed by atoms with Gasteiger partial charge < -0.3 is 14.9 Å². The van der Waals surface area contributed by atoms with Gasteiger partial charge in [0.25, 0.3) is 5.91 Å². The second-order valence-electron chi connectivity index (χ2n) is 4.74. The van der Waals surface area contributed by atoms with E-state index in [1.54, 1.807) is 7.11 Å². The maximum Gasteiger partial charge on any atom is 0.264 e. The lowest BCUT2D eigenvalue weighted by molar-refractivity contribution is -0.130. The van der Waals surface area contributed by atoms with Crippen LogP contribution in [-0.4, -0.2) is 31.4 Å². The highest BCUT2D eigenvalue weighted by atomic mass is 16.6. The molecule has 1 aromatic carbocycles. The molecule has 0 saturated heterocycles.